The maximum absolute atomic E-state index is 12.3. The summed E-state index contributed by atoms with van der Waals surface area (Å²) in [5, 5.41) is 2.87. The van der Waals surface area contributed by atoms with E-state index >= 15 is 0 Å². The molecule has 120 valence electrons. The first-order valence-electron chi connectivity index (χ1n) is 7.55. The summed E-state index contributed by atoms with van der Waals surface area (Å²) in [7, 11) is 1.64. The summed E-state index contributed by atoms with van der Waals surface area (Å²) in [5.41, 5.74) is 2.30. The van der Waals surface area contributed by atoms with Gasteiger partial charge in [-0.25, -0.2) is 0 Å². The molecule has 2 aromatic rings. The van der Waals surface area contributed by atoms with Crippen LogP contribution in [0.3, 0.4) is 0 Å². The van der Waals surface area contributed by atoms with Gasteiger partial charge in [-0.05, 0) is 29.8 Å². The number of hydrogen-bond acceptors (Lipinski definition) is 4. The van der Waals surface area contributed by atoms with Crippen LogP contribution in [0, 0.1) is 0 Å². The summed E-state index contributed by atoms with van der Waals surface area (Å²) < 4.78 is 16.3. The van der Waals surface area contributed by atoms with Crippen LogP contribution in [0.5, 0.6) is 11.5 Å². The molecule has 0 fully saturated rings. The first kappa shape index (κ1) is 15.4. The summed E-state index contributed by atoms with van der Waals surface area (Å²) in [6, 6.07) is 12.7. The minimum Gasteiger partial charge on any atom is -0.490 e. The number of ether oxygens (including phenoxy) is 3. The van der Waals surface area contributed by atoms with E-state index in [1.165, 1.54) is 0 Å². The Morgan fingerprint density at radius 1 is 1.09 bits per heavy atom. The van der Waals surface area contributed by atoms with Crippen molar-refractivity contribution in [1.29, 1.82) is 0 Å². The highest BCUT2D eigenvalue weighted by molar-refractivity contribution is 6.04. The van der Waals surface area contributed by atoms with Crippen molar-refractivity contribution in [1.82, 2.24) is 0 Å². The lowest BCUT2D eigenvalue weighted by atomic mass is 10.1. The first-order valence-corrected chi connectivity index (χ1v) is 7.55. The van der Waals surface area contributed by atoms with Gasteiger partial charge >= 0.3 is 0 Å². The predicted molar refractivity (Wildman–Crippen MR) is 87.2 cm³/mol. The Balaban J connectivity index is 1.71. The van der Waals surface area contributed by atoms with Gasteiger partial charge in [0.15, 0.2) is 11.5 Å². The molecule has 1 aliphatic rings. The third kappa shape index (κ3) is 3.81. The Morgan fingerprint density at radius 2 is 1.83 bits per heavy atom. The van der Waals surface area contributed by atoms with E-state index in [0.29, 0.717) is 42.6 Å². The molecule has 1 amide bonds. The highest BCUT2D eigenvalue weighted by atomic mass is 16.5. The lowest BCUT2D eigenvalue weighted by Crippen LogP contribution is -2.12. The van der Waals surface area contributed by atoms with Crippen molar-refractivity contribution in [3.8, 4) is 11.5 Å². The Bertz CT molecular complexity index is 682. The Hall–Kier alpha value is -2.53. The summed E-state index contributed by atoms with van der Waals surface area (Å²) in [5.74, 6) is 1.21. The summed E-state index contributed by atoms with van der Waals surface area (Å²) >= 11 is 0. The van der Waals surface area contributed by atoms with E-state index < -0.39 is 0 Å². The van der Waals surface area contributed by atoms with Crippen molar-refractivity contribution < 1.29 is 19.0 Å². The molecule has 23 heavy (non-hydrogen) atoms. The summed E-state index contributed by atoms with van der Waals surface area (Å²) in [4.78, 5) is 12.3. The van der Waals surface area contributed by atoms with Crippen molar-refractivity contribution in [3.63, 3.8) is 0 Å². The van der Waals surface area contributed by atoms with E-state index in [2.05, 4.69) is 5.32 Å². The van der Waals surface area contributed by atoms with Crippen molar-refractivity contribution in [3.05, 3.63) is 53.6 Å². The van der Waals surface area contributed by atoms with E-state index in [1.807, 2.05) is 24.3 Å². The SMILES string of the molecule is COCc1ccc(C(=O)Nc2ccc3c(c2)OCCCO3)cc1. The molecule has 2 aromatic carbocycles. The van der Waals surface area contributed by atoms with Gasteiger partial charge in [-0.1, -0.05) is 12.1 Å². The quantitative estimate of drug-likeness (QED) is 0.941. The van der Waals surface area contributed by atoms with Gasteiger partial charge in [0, 0.05) is 30.8 Å². The Morgan fingerprint density at radius 3 is 2.57 bits per heavy atom. The Kier molecular flexibility index (Phi) is 4.78. The first-order chi connectivity index (χ1) is 11.3. The zero-order chi connectivity index (χ0) is 16.1. The zero-order valence-electron chi connectivity index (χ0n) is 13.0. The number of carbonyl (C=O) groups is 1. The van der Waals surface area contributed by atoms with Gasteiger partial charge in [-0.3, -0.25) is 4.79 Å². The van der Waals surface area contributed by atoms with E-state index in [1.54, 1.807) is 25.3 Å². The van der Waals surface area contributed by atoms with Gasteiger partial charge in [0.1, 0.15) is 0 Å². The van der Waals surface area contributed by atoms with Gasteiger partial charge in [0.25, 0.3) is 5.91 Å². The lowest BCUT2D eigenvalue weighted by molar-refractivity contribution is 0.102. The molecule has 0 spiro atoms. The van der Waals surface area contributed by atoms with Crippen LogP contribution in [0.4, 0.5) is 5.69 Å². The molecule has 0 aliphatic carbocycles. The standard InChI is InChI=1S/C18H19NO4/c1-21-12-13-3-5-14(6-4-13)18(20)19-15-7-8-16-17(11-15)23-10-2-9-22-16/h3-8,11H,2,9-10,12H2,1H3,(H,19,20). The maximum atomic E-state index is 12.3. The molecular weight excluding hydrogens is 294 g/mol. The second kappa shape index (κ2) is 7.15. The van der Waals surface area contributed by atoms with Crippen molar-refractivity contribution >= 4 is 11.6 Å². The molecule has 1 N–H and O–H groups in total. The minimum absolute atomic E-state index is 0.163. The fourth-order valence-electron chi connectivity index (χ4n) is 2.36. The van der Waals surface area contributed by atoms with Crippen molar-refractivity contribution in [2.24, 2.45) is 0 Å². The van der Waals surface area contributed by atoms with Crippen LogP contribution in [-0.4, -0.2) is 26.2 Å². The largest absolute Gasteiger partial charge is 0.490 e. The van der Waals surface area contributed by atoms with E-state index in [0.717, 1.165) is 12.0 Å². The number of benzene rings is 2. The second-order valence-corrected chi connectivity index (χ2v) is 5.30. The topological polar surface area (TPSA) is 56.8 Å². The normalized spacial score (nSPS) is 13.3. The van der Waals surface area contributed by atoms with Gasteiger partial charge in [0.05, 0.1) is 19.8 Å². The predicted octanol–water partition coefficient (Wildman–Crippen LogP) is 3.25. The van der Waals surface area contributed by atoms with Crippen LogP contribution >= 0.6 is 0 Å². The van der Waals surface area contributed by atoms with Gasteiger partial charge in [0.2, 0.25) is 0 Å². The van der Waals surface area contributed by atoms with Crippen LogP contribution in [0.2, 0.25) is 0 Å². The van der Waals surface area contributed by atoms with E-state index in [4.69, 9.17) is 14.2 Å². The number of amides is 1. The minimum atomic E-state index is -0.163. The molecular formula is C18H19NO4. The monoisotopic (exact) mass is 313 g/mol. The van der Waals surface area contributed by atoms with Crippen LogP contribution in [-0.2, 0) is 11.3 Å². The number of anilines is 1. The third-order valence-electron chi connectivity index (χ3n) is 3.53. The molecule has 0 unspecified atom stereocenters. The fraction of sp³-hybridized carbons (Fsp3) is 0.278. The number of methoxy groups -OCH3 is 1. The van der Waals surface area contributed by atoms with Crippen LogP contribution in [0.15, 0.2) is 42.5 Å². The van der Waals surface area contributed by atoms with Crippen molar-refractivity contribution in [2.75, 3.05) is 25.6 Å². The van der Waals surface area contributed by atoms with Gasteiger partial charge in [-0.2, -0.15) is 0 Å². The third-order valence-corrected chi connectivity index (χ3v) is 3.53. The molecule has 0 saturated carbocycles. The molecule has 5 heteroatoms. The van der Waals surface area contributed by atoms with Crippen molar-refractivity contribution in [2.45, 2.75) is 13.0 Å². The summed E-state index contributed by atoms with van der Waals surface area (Å²) in [6.07, 6.45) is 0.851. The average Bonchev–Trinajstić information content (AvgIpc) is 2.80. The molecule has 0 atom stereocenters. The molecule has 1 heterocycles. The maximum Gasteiger partial charge on any atom is 0.255 e. The van der Waals surface area contributed by atoms with E-state index in [-0.39, 0.29) is 5.91 Å². The molecule has 5 nitrogen and oxygen atoms in total. The molecule has 0 saturated heterocycles. The molecule has 3 rings (SSSR count). The Labute approximate surface area is 135 Å². The highest BCUT2D eigenvalue weighted by Gasteiger charge is 2.12. The number of rotatable bonds is 4. The lowest BCUT2D eigenvalue weighted by Gasteiger charge is -2.10. The van der Waals surface area contributed by atoms with E-state index in [9.17, 15) is 4.79 Å². The van der Waals surface area contributed by atoms with Gasteiger partial charge < -0.3 is 19.5 Å². The number of hydrogen-bond donors (Lipinski definition) is 1. The molecule has 0 bridgehead atoms. The molecule has 1 aliphatic heterocycles. The van der Waals surface area contributed by atoms with Crippen LogP contribution < -0.4 is 14.8 Å². The number of nitrogens with one attached hydrogen (secondary N) is 1. The van der Waals surface area contributed by atoms with Crippen LogP contribution in [0.25, 0.3) is 0 Å². The number of fused-ring (bicyclic) bond motifs is 1. The fourth-order valence-corrected chi connectivity index (χ4v) is 2.36. The molecule has 0 aromatic heterocycles. The highest BCUT2D eigenvalue weighted by Crippen LogP contribution is 2.32. The molecule has 0 radical (unpaired) electrons. The summed E-state index contributed by atoms with van der Waals surface area (Å²) in [6.45, 7) is 1.79. The second-order valence-electron chi connectivity index (χ2n) is 5.30. The average molecular weight is 313 g/mol. The zero-order valence-corrected chi connectivity index (χ0v) is 13.0. The smallest absolute Gasteiger partial charge is 0.255 e. The van der Waals surface area contributed by atoms with Gasteiger partial charge in [-0.15, -0.1) is 0 Å². The number of carbonyl (C=O) groups excluding carboxylic acids is 1. The van der Waals surface area contributed by atoms with Crippen LogP contribution in [0.1, 0.15) is 22.3 Å².